The van der Waals surface area contributed by atoms with Crippen molar-refractivity contribution in [2.45, 2.75) is 11.8 Å². The molecule has 0 spiro atoms. The second kappa shape index (κ2) is 6.36. The van der Waals surface area contributed by atoms with Crippen LogP contribution in [0.1, 0.15) is 17.8 Å². The van der Waals surface area contributed by atoms with Crippen LogP contribution in [0.4, 0.5) is 0 Å². The molecule has 0 bridgehead atoms. The number of hydrogen-bond acceptors (Lipinski definition) is 7. The number of carboxylic acids is 1. The standard InChI is InChI=1S/C11H18N4O3S/c1-14-3-4-15(2)8(5-14)11-12-9(18-13-11)6-19-7-10(16)17/h8H,3-7H2,1-2H3,(H,16,17). The quantitative estimate of drug-likeness (QED) is 0.828. The Morgan fingerprint density at radius 1 is 1.53 bits per heavy atom. The van der Waals surface area contributed by atoms with E-state index < -0.39 is 5.97 Å². The minimum absolute atomic E-state index is 0.0454. The zero-order chi connectivity index (χ0) is 13.8. The van der Waals surface area contributed by atoms with Crippen molar-refractivity contribution >= 4 is 17.7 Å². The zero-order valence-electron chi connectivity index (χ0n) is 11.1. The van der Waals surface area contributed by atoms with Gasteiger partial charge in [-0.3, -0.25) is 9.69 Å². The van der Waals surface area contributed by atoms with Gasteiger partial charge in [-0.05, 0) is 14.1 Å². The van der Waals surface area contributed by atoms with Crippen LogP contribution in [-0.4, -0.2) is 70.5 Å². The Hall–Kier alpha value is -1.12. The van der Waals surface area contributed by atoms with Gasteiger partial charge in [0.05, 0.1) is 17.5 Å². The number of carbonyl (C=O) groups is 1. The summed E-state index contributed by atoms with van der Waals surface area (Å²) >= 11 is 1.26. The van der Waals surface area contributed by atoms with Gasteiger partial charge in [0.2, 0.25) is 5.89 Å². The summed E-state index contributed by atoms with van der Waals surface area (Å²) in [5, 5.41) is 12.6. The SMILES string of the molecule is CN1CCN(C)C(c2noc(CSCC(=O)O)n2)C1. The van der Waals surface area contributed by atoms with E-state index in [9.17, 15) is 4.79 Å². The molecule has 0 radical (unpaired) electrons. The van der Waals surface area contributed by atoms with E-state index in [-0.39, 0.29) is 11.8 Å². The molecule has 8 heteroatoms. The molecular weight excluding hydrogens is 268 g/mol. The zero-order valence-corrected chi connectivity index (χ0v) is 11.9. The van der Waals surface area contributed by atoms with Gasteiger partial charge in [-0.15, -0.1) is 11.8 Å². The molecular formula is C11H18N4O3S. The Bertz CT molecular complexity index is 439. The van der Waals surface area contributed by atoms with E-state index in [2.05, 4.69) is 27.0 Å². The first-order chi connectivity index (χ1) is 9.06. The monoisotopic (exact) mass is 286 g/mol. The third kappa shape index (κ3) is 3.92. The molecule has 2 rings (SSSR count). The summed E-state index contributed by atoms with van der Waals surface area (Å²) in [6.07, 6.45) is 0. The van der Waals surface area contributed by atoms with Crippen molar-refractivity contribution in [1.82, 2.24) is 19.9 Å². The molecule has 0 amide bonds. The van der Waals surface area contributed by atoms with Crippen molar-refractivity contribution in [2.75, 3.05) is 39.5 Å². The minimum Gasteiger partial charge on any atom is -0.481 e. The Balaban J connectivity index is 1.94. The number of carboxylic acid groups (broad SMARTS) is 1. The second-order valence-corrected chi connectivity index (χ2v) is 5.68. The minimum atomic E-state index is -0.835. The second-order valence-electron chi connectivity index (χ2n) is 4.69. The van der Waals surface area contributed by atoms with E-state index in [1.165, 1.54) is 11.8 Å². The lowest BCUT2D eigenvalue weighted by molar-refractivity contribution is -0.133. The molecule has 1 aliphatic heterocycles. The fraction of sp³-hybridized carbons (Fsp3) is 0.727. The average Bonchev–Trinajstić information content (AvgIpc) is 2.80. The van der Waals surface area contributed by atoms with Crippen LogP contribution >= 0.6 is 11.8 Å². The first kappa shape index (κ1) is 14.3. The maximum absolute atomic E-state index is 10.4. The van der Waals surface area contributed by atoms with Gasteiger partial charge in [-0.2, -0.15) is 4.98 Å². The fourth-order valence-corrected chi connectivity index (χ4v) is 2.55. The summed E-state index contributed by atoms with van der Waals surface area (Å²) in [6.45, 7) is 2.88. The van der Waals surface area contributed by atoms with Gasteiger partial charge in [0.25, 0.3) is 0 Å². The van der Waals surface area contributed by atoms with Crippen LogP contribution in [0.5, 0.6) is 0 Å². The highest BCUT2D eigenvalue weighted by molar-refractivity contribution is 7.99. The van der Waals surface area contributed by atoms with Crippen molar-refractivity contribution in [3.05, 3.63) is 11.7 Å². The highest BCUT2D eigenvalue weighted by atomic mass is 32.2. The third-order valence-corrected chi connectivity index (χ3v) is 3.99. The maximum Gasteiger partial charge on any atom is 0.313 e. The molecule has 19 heavy (non-hydrogen) atoms. The summed E-state index contributed by atoms with van der Waals surface area (Å²) in [5.41, 5.74) is 0. The molecule has 1 saturated heterocycles. The van der Waals surface area contributed by atoms with Crippen molar-refractivity contribution in [3.8, 4) is 0 Å². The average molecular weight is 286 g/mol. The lowest BCUT2D eigenvalue weighted by atomic mass is 10.2. The number of hydrogen-bond donors (Lipinski definition) is 1. The topological polar surface area (TPSA) is 82.7 Å². The van der Waals surface area contributed by atoms with E-state index in [4.69, 9.17) is 9.63 Å². The van der Waals surface area contributed by atoms with E-state index >= 15 is 0 Å². The molecule has 1 aromatic rings. The van der Waals surface area contributed by atoms with Crippen molar-refractivity contribution in [2.24, 2.45) is 0 Å². The number of thioether (sulfide) groups is 1. The van der Waals surface area contributed by atoms with Gasteiger partial charge in [-0.25, -0.2) is 0 Å². The maximum atomic E-state index is 10.4. The highest BCUT2D eigenvalue weighted by Gasteiger charge is 2.27. The predicted molar refractivity (Wildman–Crippen MR) is 71.0 cm³/mol. The predicted octanol–water partition coefficient (Wildman–Crippen LogP) is 0.306. The molecule has 1 aromatic heterocycles. The van der Waals surface area contributed by atoms with Crippen molar-refractivity contribution in [1.29, 1.82) is 0 Å². The molecule has 0 aliphatic carbocycles. The van der Waals surface area contributed by atoms with Crippen molar-refractivity contribution < 1.29 is 14.4 Å². The first-order valence-corrected chi connectivity index (χ1v) is 7.22. The Morgan fingerprint density at radius 2 is 2.32 bits per heavy atom. The van der Waals surface area contributed by atoms with Crippen LogP contribution in [0.15, 0.2) is 4.52 Å². The van der Waals surface area contributed by atoms with E-state index in [0.29, 0.717) is 17.5 Å². The van der Waals surface area contributed by atoms with Crippen LogP contribution in [-0.2, 0) is 10.5 Å². The fourth-order valence-electron chi connectivity index (χ4n) is 1.98. The van der Waals surface area contributed by atoms with Crippen LogP contribution in [0.25, 0.3) is 0 Å². The number of aliphatic carboxylic acids is 1. The Morgan fingerprint density at radius 3 is 3.05 bits per heavy atom. The summed E-state index contributed by atoms with van der Waals surface area (Å²) < 4.78 is 5.16. The molecule has 1 N–H and O–H groups in total. The summed E-state index contributed by atoms with van der Waals surface area (Å²) in [4.78, 5) is 19.2. The summed E-state index contributed by atoms with van der Waals surface area (Å²) in [7, 11) is 4.12. The molecule has 7 nitrogen and oxygen atoms in total. The molecule has 1 atom stereocenters. The largest absolute Gasteiger partial charge is 0.481 e. The molecule has 0 saturated carbocycles. The van der Waals surface area contributed by atoms with Crippen LogP contribution in [0, 0.1) is 0 Å². The van der Waals surface area contributed by atoms with Crippen LogP contribution in [0.3, 0.4) is 0 Å². The lowest BCUT2D eigenvalue weighted by Crippen LogP contribution is -2.45. The van der Waals surface area contributed by atoms with Gasteiger partial charge in [0.15, 0.2) is 5.82 Å². The van der Waals surface area contributed by atoms with Gasteiger partial charge in [-0.1, -0.05) is 5.16 Å². The lowest BCUT2D eigenvalue weighted by Gasteiger charge is -2.35. The molecule has 2 heterocycles. The third-order valence-electron chi connectivity index (χ3n) is 3.08. The molecule has 1 fully saturated rings. The van der Waals surface area contributed by atoms with Crippen LogP contribution < -0.4 is 0 Å². The van der Waals surface area contributed by atoms with Gasteiger partial charge >= 0.3 is 5.97 Å². The van der Waals surface area contributed by atoms with Crippen LogP contribution in [0.2, 0.25) is 0 Å². The summed E-state index contributed by atoms with van der Waals surface area (Å²) in [6, 6.07) is 0.140. The van der Waals surface area contributed by atoms with Gasteiger partial charge < -0.3 is 14.5 Å². The Labute approximate surface area is 115 Å². The number of likely N-dealkylation sites (N-methyl/N-ethyl adjacent to an activating group) is 2. The molecule has 106 valence electrons. The number of rotatable bonds is 5. The van der Waals surface area contributed by atoms with Gasteiger partial charge in [0.1, 0.15) is 0 Å². The number of piperazine rings is 1. The summed E-state index contributed by atoms with van der Waals surface area (Å²) in [5.74, 6) is 0.816. The normalized spacial score (nSPS) is 21.7. The molecule has 1 aliphatic rings. The Kier molecular flexibility index (Phi) is 4.78. The van der Waals surface area contributed by atoms with E-state index in [0.717, 1.165) is 19.6 Å². The molecule has 0 aromatic carbocycles. The highest BCUT2D eigenvalue weighted by Crippen LogP contribution is 2.21. The van der Waals surface area contributed by atoms with E-state index in [1.54, 1.807) is 0 Å². The van der Waals surface area contributed by atoms with E-state index in [1.807, 2.05) is 7.05 Å². The van der Waals surface area contributed by atoms with Gasteiger partial charge in [0, 0.05) is 19.6 Å². The number of nitrogens with zero attached hydrogens (tertiary/aromatic N) is 4. The van der Waals surface area contributed by atoms with Crippen molar-refractivity contribution in [3.63, 3.8) is 0 Å². The number of aromatic nitrogens is 2. The molecule has 1 unspecified atom stereocenters. The smallest absolute Gasteiger partial charge is 0.313 e. The first-order valence-electron chi connectivity index (χ1n) is 6.07.